The Morgan fingerprint density at radius 2 is 1.77 bits per heavy atom. The van der Waals surface area contributed by atoms with E-state index < -0.39 is 0 Å². The van der Waals surface area contributed by atoms with Crippen LogP contribution in [0.3, 0.4) is 0 Å². The highest BCUT2D eigenvalue weighted by Gasteiger charge is 2.26. The summed E-state index contributed by atoms with van der Waals surface area (Å²) in [6, 6.07) is 13.2. The SMILES string of the molecule is O=C(Nc1ccc2c(c1)OCO2)C1CCN(c2ccc(-c3ccncc3)nn2)CC1. The van der Waals surface area contributed by atoms with Crippen molar-refractivity contribution in [2.24, 2.45) is 5.92 Å². The van der Waals surface area contributed by atoms with Gasteiger partial charge in [0, 0.05) is 48.7 Å². The summed E-state index contributed by atoms with van der Waals surface area (Å²) in [6.07, 6.45) is 5.02. The van der Waals surface area contributed by atoms with Crippen LogP contribution in [0, 0.1) is 5.92 Å². The Kier molecular flexibility index (Phi) is 4.88. The van der Waals surface area contributed by atoms with E-state index in [1.54, 1.807) is 18.5 Å². The zero-order valence-corrected chi connectivity index (χ0v) is 16.3. The maximum Gasteiger partial charge on any atom is 0.231 e. The summed E-state index contributed by atoms with van der Waals surface area (Å²) in [7, 11) is 0. The van der Waals surface area contributed by atoms with Gasteiger partial charge in [-0.15, -0.1) is 10.2 Å². The van der Waals surface area contributed by atoms with E-state index in [4.69, 9.17) is 9.47 Å². The van der Waals surface area contributed by atoms with Crippen molar-refractivity contribution < 1.29 is 14.3 Å². The number of benzene rings is 1. The van der Waals surface area contributed by atoms with Gasteiger partial charge in [0.1, 0.15) is 0 Å². The van der Waals surface area contributed by atoms with Crippen LogP contribution in [0.4, 0.5) is 11.5 Å². The second-order valence-electron chi connectivity index (χ2n) is 7.33. The molecule has 0 spiro atoms. The van der Waals surface area contributed by atoms with E-state index in [1.807, 2.05) is 36.4 Å². The number of hydrogen-bond donors (Lipinski definition) is 1. The first kappa shape index (κ1) is 18.4. The zero-order chi connectivity index (χ0) is 20.3. The van der Waals surface area contributed by atoms with Crippen molar-refractivity contribution in [3.05, 3.63) is 54.9 Å². The molecule has 0 aliphatic carbocycles. The van der Waals surface area contributed by atoms with Crippen molar-refractivity contribution >= 4 is 17.4 Å². The molecule has 0 unspecified atom stereocenters. The highest BCUT2D eigenvalue weighted by atomic mass is 16.7. The van der Waals surface area contributed by atoms with E-state index >= 15 is 0 Å². The van der Waals surface area contributed by atoms with Gasteiger partial charge in [-0.2, -0.15) is 0 Å². The smallest absolute Gasteiger partial charge is 0.231 e. The third-order valence-corrected chi connectivity index (χ3v) is 5.46. The first-order chi connectivity index (χ1) is 14.8. The Hall–Kier alpha value is -3.68. The standard InChI is InChI=1S/C22H21N5O3/c28-22(24-17-1-3-19-20(13-17)30-14-29-19)16-7-11-27(12-8-16)21-4-2-18(25-26-21)15-5-9-23-10-6-15/h1-6,9-10,13,16H,7-8,11-12,14H2,(H,24,28). The number of nitrogens with zero attached hydrogens (tertiary/aromatic N) is 4. The van der Waals surface area contributed by atoms with E-state index in [2.05, 4.69) is 25.4 Å². The minimum atomic E-state index is -0.0317. The Morgan fingerprint density at radius 1 is 0.967 bits per heavy atom. The number of carbonyl (C=O) groups is 1. The molecule has 1 amide bonds. The number of nitrogens with one attached hydrogen (secondary N) is 1. The lowest BCUT2D eigenvalue weighted by Crippen LogP contribution is -2.38. The number of amides is 1. The van der Waals surface area contributed by atoms with Crippen LogP contribution >= 0.6 is 0 Å². The number of fused-ring (bicyclic) bond motifs is 1. The first-order valence-electron chi connectivity index (χ1n) is 9.96. The summed E-state index contributed by atoms with van der Waals surface area (Å²) in [4.78, 5) is 18.9. The van der Waals surface area contributed by atoms with Crippen LogP contribution in [0.15, 0.2) is 54.9 Å². The molecule has 0 saturated carbocycles. The third-order valence-electron chi connectivity index (χ3n) is 5.46. The number of aromatic nitrogens is 3. The quantitative estimate of drug-likeness (QED) is 0.716. The second kappa shape index (κ2) is 7.98. The van der Waals surface area contributed by atoms with Gasteiger partial charge in [-0.1, -0.05) is 0 Å². The number of anilines is 2. The molecule has 1 fully saturated rings. The van der Waals surface area contributed by atoms with Crippen molar-refractivity contribution in [2.75, 3.05) is 30.1 Å². The molecule has 4 heterocycles. The van der Waals surface area contributed by atoms with Crippen LogP contribution in [0.5, 0.6) is 11.5 Å². The lowest BCUT2D eigenvalue weighted by molar-refractivity contribution is -0.120. The molecule has 0 bridgehead atoms. The Labute approximate surface area is 173 Å². The van der Waals surface area contributed by atoms with Crippen LogP contribution in [-0.2, 0) is 4.79 Å². The summed E-state index contributed by atoms with van der Waals surface area (Å²) in [6.45, 7) is 1.75. The molecule has 8 nitrogen and oxygen atoms in total. The second-order valence-corrected chi connectivity index (χ2v) is 7.33. The number of hydrogen-bond acceptors (Lipinski definition) is 7. The fourth-order valence-corrected chi connectivity index (χ4v) is 3.76. The summed E-state index contributed by atoms with van der Waals surface area (Å²) in [5.41, 5.74) is 2.53. The van der Waals surface area contributed by atoms with Crippen LogP contribution in [0.25, 0.3) is 11.3 Å². The molecule has 152 valence electrons. The Balaban J connectivity index is 1.17. The lowest BCUT2D eigenvalue weighted by Gasteiger charge is -2.31. The average molecular weight is 403 g/mol. The summed E-state index contributed by atoms with van der Waals surface area (Å²) in [5.74, 6) is 2.21. The van der Waals surface area contributed by atoms with Crippen LogP contribution in [0.1, 0.15) is 12.8 Å². The van der Waals surface area contributed by atoms with Crippen LogP contribution < -0.4 is 19.7 Å². The summed E-state index contributed by atoms with van der Waals surface area (Å²) < 4.78 is 10.7. The largest absolute Gasteiger partial charge is 0.454 e. The van der Waals surface area contributed by atoms with Gasteiger partial charge in [0.15, 0.2) is 17.3 Å². The molecule has 0 atom stereocenters. The Bertz CT molecular complexity index is 1030. The highest BCUT2D eigenvalue weighted by Crippen LogP contribution is 2.34. The van der Waals surface area contributed by atoms with Gasteiger partial charge in [0.2, 0.25) is 12.7 Å². The van der Waals surface area contributed by atoms with Crippen molar-refractivity contribution in [1.29, 1.82) is 0 Å². The molecule has 2 aliphatic heterocycles. The number of rotatable bonds is 4. The fraction of sp³-hybridized carbons (Fsp3) is 0.273. The number of ether oxygens (including phenoxy) is 2. The number of piperidine rings is 1. The predicted molar refractivity (Wildman–Crippen MR) is 111 cm³/mol. The van der Waals surface area contributed by atoms with Gasteiger partial charge in [0.25, 0.3) is 0 Å². The van der Waals surface area contributed by atoms with Gasteiger partial charge < -0.3 is 19.7 Å². The molecule has 2 aromatic heterocycles. The van der Waals surface area contributed by atoms with Gasteiger partial charge in [-0.25, -0.2) is 0 Å². The molecule has 0 radical (unpaired) electrons. The molecular weight excluding hydrogens is 382 g/mol. The van der Waals surface area contributed by atoms with Crippen LogP contribution in [0.2, 0.25) is 0 Å². The van der Waals surface area contributed by atoms with Crippen molar-refractivity contribution in [1.82, 2.24) is 15.2 Å². The third kappa shape index (κ3) is 3.76. The minimum Gasteiger partial charge on any atom is -0.454 e. The fourth-order valence-electron chi connectivity index (χ4n) is 3.76. The maximum atomic E-state index is 12.7. The van der Waals surface area contributed by atoms with Gasteiger partial charge in [-0.3, -0.25) is 9.78 Å². The molecule has 2 aliphatic rings. The van der Waals surface area contributed by atoms with E-state index in [-0.39, 0.29) is 18.6 Å². The molecule has 30 heavy (non-hydrogen) atoms. The van der Waals surface area contributed by atoms with E-state index in [1.165, 1.54) is 0 Å². The summed E-state index contributed by atoms with van der Waals surface area (Å²) in [5, 5.41) is 11.7. The summed E-state index contributed by atoms with van der Waals surface area (Å²) >= 11 is 0. The minimum absolute atomic E-state index is 0.0317. The Morgan fingerprint density at radius 3 is 2.53 bits per heavy atom. The molecule has 3 aromatic rings. The lowest BCUT2D eigenvalue weighted by atomic mass is 9.95. The monoisotopic (exact) mass is 403 g/mol. The van der Waals surface area contributed by atoms with Gasteiger partial charge in [0.05, 0.1) is 5.69 Å². The number of carbonyl (C=O) groups excluding carboxylic acids is 1. The zero-order valence-electron chi connectivity index (χ0n) is 16.3. The molecule has 1 saturated heterocycles. The molecule has 1 N–H and O–H groups in total. The normalized spacial score (nSPS) is 15.8. The maximum absolute atomic E-state index is 12.7. The molecule has 5 rings (SSSR count). The molecule has 8 heteroatoms. The van der Waals surface area contributed by atoms with E-state index in [0.717, 1.165) is 48.7 Å². The predicted octanol–water partition coefficient (Wildman–Crippen LogP) is 3.12. The van der Waals surface area contributed by atoms with Crippen molar-refractivity contribution in [2.45, 2.75) is 12.8 Å². The first-order valence-corrected chi connectivity index (χ1v) is 9.96. The van der Waals surface area contributed by atoms with Crippen molar-refractivity contribution in [3.8, 4) is 22.8 Å². The van der Waals surface area contributed by atoms with E-state index in [0.29, 0.717) is 11.5 Å². The van der Waals surface area contributed by atoms with E-state index in [9.17, 15) is 4.79 Å². The highest BCUT2D eigenvalue weighted by molar-refractivity contribution is 5.93. The van der Waals surface area contributed by atoms with Crippen LogP contribution in [-0.4, -0.2) is 41.0 Å². The van der Waals surface area contributed by atoms with Gasteiger partial charge >= 0.3 is 0 Å². The topological polar surface area (TPSA) is 89.5 Å². The van der Waals surface area contributed by atoms with Gasteiger partial charge in [-0.05, 0) is 49.2 Å². The average Bonchev–Trinajstić information content (AvgIpc) is 3.28. The number of pyridine rings is 1. The molecule has 1 aromatic carbocycles. The van der Waals surface area contributed by atoms with Crippen molar-refractivity contribution in [3.63, 3.8) is 0 Å². The molecular formula is C22H21N5O3.